The first-order valence-electron chi connectivity index (χ1n) is 21.1. The molecule has 5 nitrogen and oxygen atoms in total. The molecule has 4 aliphatic rings. The first-order chi connectivity index (χ1) is 27.1. The van der Waals surface area contributed by atoms with Crippen LogP contribution in [0.3, 0.4) is 0 Å². The number of nitrogens with zero attached hydrogens (tertiary/aromatic N) is 5. The molecule has 0 spiro atoms. The summed E-state index contributed by atoms with van der Waals surface area (Å²) in [5.41, 5.74) is 9.04. The summed E-state index contributed by atoms with van der Waals surface area (Å²) in [4.78, 5) is 15.5. The standard InChI is InChI=1S/C51H53N5/c1-32-17-37-18-33(2)25-50(24-32,28-37)45-13-9-41(10-14-45)47-54-48(42-11-15-46(16-12-42)51-26-34(3)19-38(29-51)20-35(4)27-51)56-49(55-47)44-22-39(31-53)21-43(23-44)40-7-5-36(30-52)6-8-40/h5-16,21-23,32-35,37-38H,17-20,24-29H2,1-4H3/t32-,33+,34-,35+,37?,38?,50?,51?. The molecule has 9 rings (SSSR count). The Labute approximate surface area is 333 Å². The van der Waals surface area contributed by atoms with E-state index in [1.165, 1.54) is 75.3 Å². The van der Waals surface area contributed by atoms with Crippen molar-refractivity contribution in [1.29, 1.82) is 10.5 Å². The Kier molecular flexibility index (Phi) is 9.40. The number of rotatable bonds is 6. The van der Waals surface area contributed by atoms with Crippen molar-refractivity contribution in [1.82, 2.24) is 15.0 Å². The molecule has 282 valence electrons. The van der Waals surface area contributed by atoms with E-state index < -0.39 is 0 Å². The molecule has 0 radical (unpaired) electrons. The highest BCUT2D eigenvalue weighted by Crippen LogP contribution is 2.55. The van der Waals surface area contributed by atoms with Gasteiger partial charge in [-0.05, 0) is 163 Å². The average molecular weight is 736 g/mol. The van der Waals surface area contributed by atoms with E-state index in [2.05, 4.69) is 88.4 Å². The maximum Gasteiger partial charge on any atom is 0.164 e. The van der Waals surface area contributed by atoms with Crippen LogP contribution in [0.2, 0.25) is 0 Å². The van der Waals surface area contributed by atoms with Crippen LogP contribution in [0.25, 0.3) is 45.3 Å². The Morgan fingerprint density at radius 1 is 0.429 bits per heavy atom. The zero-order chi connectivity index (χ0) is 38.6. The van der Waals surface area contributed by atoms with Gasteiger partial charge in [-0.15, -0.1) is 0 Å². The van der Waals surface area contributed by atoms with E-state index in [0.717, 1.165) is 63.3 Å². The van der Waals surface area contributed by atoms with Gasteiger partial charge in [0.15, 0.2) is 17.5 Å². The average Bonchev–Trinajstić information content (AvgIpc) is 3.19. The maximum absolute atomic E-state index is 10.1. The molecule has 0 N–H and O–H groups in total. The molecular weight excluding hydrogens is 683 g/mol. The highest BCUT2D eigenvalue weighted by Gasteiger charge is 2.46. The predicted molar refractivity (Wildman–Crippen MR) is 224 cm³/mol. The molecule has 4 saturated carbocycles. The van der Waals surface area contributed by atoms with Gasteiger partial charge in [0.25, 0.3) is 0 Å². The lowest BCUT2D eigenvalue weighted by Crippen LogP contribution is -2.42. The molecular formula is C51H53N5. The van der Waals surface area contributed by atoms with Crippen LogP contribution in [0, 0.1) is 58.2 Å². The van der Waals surface area contributed by atoms with Gasteiger partial charge in [0.2, 0.25) is 0 Å². The molecule has 4 aliphatic carbocycles. The third-order valence-corrected chi connectivity index (χ3v) is 14.1. The smallest absolute Gasteiger partial charge is 0.164 e. The Morgan fingerprint density at radius 3 is 1.21 bits per heavy atom. The molecule has 4 unspecified atom stereocenters. The molecule has 0 aliphatic heterocycles. The molecule has 1 aromatic heterocycles. The van der Waals surface area contributed by atoms with E-state index in [1.807, 2.05) is 42.5 Å². The first kappa shape index (κ1) is 36.5. The second-order valence-corrected chi connectivity index (χ2v) is 18.9. The number of hydrogen-bond donors (Lipinski definition) is 0. The highest BCUT2D eigenvalue weighted by atomic mass is 15.0. The van der Waals surface area contributed by atoms with Gasteiger partial charge >= 0.3 is 0 Å². The third kappa shape index (κ3) is 6.96. The zero-order valence-corrected chi connectivity index (χ0v) is 33.4. The van der Waals surface area contributed by atoms with Crippen molar-refractivity contribution in [2.45, 2.75) is 103 Å². The fourth-order valence-electron chi connectivity index (χ4n) is 12.5. The zero-order valence-electron chi connectivity index (χ0n) is 33.4. The fraction of sp³-hybridized carbons (Fsp3) is 0.431. The minimum Gasteiger partial charge on any atom is -0.208 e. The number of hydrogen-bond acceptors (Lipinski definition) is 5. The molecule has 4 fully saturated rings. The van der Waals surface area contributed by atoms with Crippen LogP contribution in [0.15, 0.2) is 91.0 Å². The number of benzene rings is 4. The SMILES string of the molecule is C[C@@H]1CC2C[C@H](C)CC(c3ccc(-c4nc(-c5ccc(C67CC(C[C@@H](C)C6)C[C@H](C)C7)cc5)nc(-c5cc(C#N)cc(-c6ccc(C#N)cc6)c5)n4)cc3)(C2)C1. The van der Waals surface area contributed by atoms with Crippen LogP contribution in [-0.2, 0) is 10.8 Å². The van der Waals surface area contributed by atoms with Crippen molar-refractivity contribution < 1.29 is 0 Å². The van der Waals surface area contributed by atoms with E-state index in [0.29, 0.717) is 28.6 Å². The number of nitriles is 2. The van der Waals surface area contributed by atoms with Gasteiger partial charge in [0.1, 0.15) is 0 Å². The molecule has 0 saturated heterocycles. The molecule has 4 aromatic carbocycles. The summed E-state index contributed by atoms with van der Waals surface area (Å²) in [5.74, 6) is 6.47. The highest BCUT2D eigenvalue weighted by molar-refractivity contribution is 5.75. The molecule has 8 atom stereocenters. The van der Waals surface area contributed by atoms with Crippen molar-refractivity contribution in [3.05, 3.63) is 113 Å². The topological polar surface area (TPSA) is 86.2 Å². The van der Waals surface area contributed by atoms with E-state index in [4.69, 9.17) is 15.0 Å². The van der Waals surface area contributed by atoms with Crippen LogP contribution in [0.1, 0.15) is 114 Å². The monoisotopic (exact) mass is 735 g/mol. The van der Waals surface area contributed by atoms with Gasteiger partial charge in [-0.25, -0.2) is 15.0 Å². The summed E-state index contributed by atoms with van der Waals surface area (Å²) in [7, 11) is 0. The second-order valence-electron chi connectivity index (χ2n) is 18.9. The summed E-state index contributed by atoms with van der Waals surface area (Å²) < 4.78 is 0. The van der Waals surface area contributed by atoms with Gasteiger partial charge in [-0.2, -0.15) is 10.5 Å². The maximum atomic E-state index is 10.1. The molecule has 5 heteroatoms. The van der Waals surface area contributed by atoms with E-state index in [9.17, 15) is 10.5 Å². The summed E-state index contributed by atoms with van der Waals surface area (Å²) in [6.45, 7) is 9.78. The quantitative estimate of drug-likeness (QED) is 0.173. The van der Waals surface area contributed by atoms with E-state index >= 15 is 0 Å². The first-order valence-corrected chi connectivity index (χ1v) is 21.1. The fourth-order valence-corrected chi connectivity index (χ4v) is 12.5. The number of aromatic nitrogens is 3. The van der Waals surface area contributed by atoms with Gasteiger partial charge in [-0.3, -0.25) is 0 Å². The van der Waals surface area contributed by atoms with Gasteiger partial charge in [0, 0.05) is 16.7 Å². The lowest BCUT2D eigenvalue weighted by atomic mass is 9.54. The summed E-state index contributed by atoms with van der Waals surface area (Å²) in [5, 5.41) is 19.5. The van der Waals surface area contributed by atoms with E-state index in [1.54, 1.807) is 0 Å². The predicted octanol–water partition coefficient (Wildman–Crippen LogP) is 12.5. The molecule has 5 aromatic rings. The summed E-state index contributed by atoms with van der Waals surface area (Å²) in [6, 6.07) is 36.1. The Balaban J connectivity index is 1.13. The van der Waals surface area contributed by atoms with Crippen LogP contribution >= 0.6 is 0 Å². The number of fused-ring (bicyclic) bond motifs is 4. The molecule has 4 bridgehead atoms. The lowest BCUT2D eigenvalue weighted by Gasteiger charge is -2.50. The van der Waals surface area contributed by atoms with Crippen molar-refractivity contribution >= 4 is 0 Å². The van der Waals surface area contributed by atoms with Gasteiger partial charge < -0.3 is 0 Å². The van der Waals surface area contributed by atoms with Crippen molar-refractivity contribution in [3.63, 3.8) is 0 Å². The van der Waals surface area contributed by atoms with Crippen molar-refractivity contribution in [2.75, 3.05) is 0 Å². The van der Waals surface area contributed by atoms with Gasteiger partial charge in [-0.1, -0.05) is 88.4 Å². The third-order valence-electron chi connectivity index (χ3n) is 14.1. The van der Waals surface area contributed by atoms with Crippen LogP contribution < -0.4 is 0 Å². The summed E-state index contributed by atoms with van der Waals surface area (Å²) >= 11 is 0. The summed E-state index contributed by atoms with van der Waals surface area (Å²) in [6.07, 6.45) is 13.1. The molecule has 0 amide bonds. The van der Waals surface area contributed by atoms with E-state index in [-0.39, 0.29) is 10.8 Å². The lowest BCUT2D eigenvalue weighted by molar-refractivity contribution is 0.0779. The Morgan fingerprint density at radius 2 is 0.804 bits per heavy atom. The Hall–Kier alpha value is -5.13. The minimum absolute atomic E-state index is 0.251. The van der Waals surface area contributed by atoms with Crippen molar-refractivity contribution in [2.24, 2.45) is 35.5 Å². The Bertz CT molecular complexity index is 2180. The van der Waals surface area contributed by atoms with Crippen LogP contribution in [-0.4, -0.2) is 15.0 Å². The van der Waals surface area contributed by atoms with Crippen LogP contribution in [0.4, 0.5) is 0 Å². The molecule has 1 heterocycles. The largest absolute Gasteiger partial charge is 0.208 e. The molecule has 56 heavy (non-hydrogen) atoms. The second kappa shape index (κ2) is 14.4. The normalized spacial score (nSPS) is 29.5. The van der Waals surface area contributed by atoms with Crippen molar-refractivity contribution in [3.8, 4) is 57.4 Å². The van der Waals surface area contributed by atoms with Crippen LogP contribution in [0.5, 0.6) is 0 Å². The van der Waals surface area contributed by atoms with Gasteiger partial charge in [0.05, 0.1) is 23.3 Å². The minimum atomic E-state index is 0.251.